The third-order valence-corrected chi connectivity index (χ3v) is 2.76. The van der Waals surface area contributed by atoms with E-state index in [9.17, 15) is 0 Å². The van der Waals surface area contributed by atoms with Gasteiger partial charge in [0.05, 0.1) is 6.20 Å². The molecule has 1 aromatic heterocycles. The molecular formula is C11H16N2O. The van der Waals surface area contributed by atoms with Crippen LogP contribution in [0, 0.1) is 6.92 Å². The molecule has 1 aliphatic rings. The van der Waals surface area contributed by atoms with Gasteiger partial charge in [0.15, 0.2) is 0 Å². The SMILES string of the molecule is Cc1ccc(OC[C@H]2CCN2C)cn1. The van der Waals surface area contributed by atoms with Gasteiger partial charge in [-0.3, -0.25) is 9.88 Å². The molecule has 0 aromatic carbocycles. The Kier molecular flexibility index (Phi) is 2.68. The number of likely N-dealkylation sites (N-methyl/N-ethyl adjacent to an activating group) is 1. The van der Waals surface area contributed by atoms with Crippen LogP contribution in [0.2, 0.25) is 0 Å². The summed E-state index contributed by atoms with van der Waals surface area (Å²) in [6, 6.07) is 4.54. The molecule has 1 atom stereocenters. The van der Waals surface area contributed by atoms with E-state index in [0.29, 0.717) is 6.04 Å². The highest BCUT2D eigenvalue weighted by Crippen LogP contribution is 2.16. The van der Waals surface area contributed by atoms with Crippen molar-refractivity contribution in [1.82, 2.24) is 9.88 Å². The number of rotatable bonds is 3. The fourth-order valence-electron chi connectivity index (χ4n) is 1.51. The number of aromatic nitrogens is 1. The van der Waals surface area contributed by atoms with Crippen molar-refractivity contribution in [1.29, 1.82) is 0 Å². The van der Waals surface area contributed by atoms with Gasteiger partial charge < -0.3 is 4.74 Å². The van der Waals surface area contributed by atoms with Crippen LogP contribution in [0.25, 0.3) is 0 Å². The first-order valence-corrected chi connectivity index (χ1v) is 5.01. The monoisotopic (exact) mass is 192 g/mol. The average Bonchev–Trinajstić information content (AvgIpc) is 2.19. The molecule has 2 heterocycles. The number of hydrogen-bond donors (Lipinski definition) is 0. The second-order valence-electron chi connectivity index (χ2n) is 3.87. The number of aryl methyl sites for hydroxylation is 1. The minimum atomic E-state index is 0.594. The highest BCUT2D eigenvalue weighted by molar-refractivity contribution is 5.19. The van der Waals surface area contributed by atoms with Crippen molar-refractivity contribution in [3.05, 3.63) is 24.0 Å². The Bertz CT molecular complexity index is 297. The molecular weight excluding hydrogens is 176 g/mol. The molecule has 3 nitrogen and oxygen atoms in total. The second kappa shape index (κ2) is 3.96. The van der Waals surface area contributed by atoms with E-state index in [1.54, 1.807) is 6.20 Å². The van der Waals surface area contributed by atoms with Gasteiger partial charge in [0.25, 0.3) is 0 Å². The van der Waals surface area contributed by atoms with Gasteiger partial charge in [-0.05, 0) is 39.1 Å². The fourth-order valence-corrected chi connectivity index (χ4v) is 1.51. The first-order valence-electron chi connectivity index (χ1n) is 5.01. The molecule has 0 unspecified atom stereocenters. The summed E-state index contributed by atoms with van der Waals surface area (Å²) < 4.78 is 5.63. The minimum Gasteiger partial charge on any atom is -0.490 e. The van der Waals surface area contributed by atoms with Crippen molar-refractivity contribution < 1.29 is 4.74 Å². The molecule has 0 spiro atoms. The highest BCUT2D eigenvalue weighted by Gasteiger charge is 2.24. The van der Waals surface area contributed by atoms with Gasteiger partial charge in [0.2, 0.25) is 0 Å². The first-order chi connectivity index (χ1) is 6.75. The predicted octanol–water partition coefficient (Wildman–Crippen LogP) is 1.47. The average molecular weight is 192 g/mol. The lowest BCUT2D eigenvalue weighted by Crippen LogP contribution is -2.48. The normalized spacial score (nSPS) is 21.7. The van der Waals surface area contributed by atoms with Crippen molar-refractivity contribution in [3.8, 4) is 5.75 Å². The lowest BCUT2D eigenvalue weighted by molar-refractivity contribution is 0.0767. The maximum absolute atomic E-state index is 5.63. The molecule has 1 fully saturated rings. The summed E-state index contributed by atoms with van der Waals surface area (Å²) in [4.78, 5) is 6.49. The molecule has 14 heavy (non-hydrogen) atoms. The summed E-state index contributed by atoms with van der Waals surface area (Å²) in [5.74, 6) is 0.871. The Morgan fingerprint density at radius 3 is 2.93 bits per heavy atom. The van der Waals surface area contributed by atoms with Gasteiger partial charge in [0, 0.05) is 11.7 Å². The van der Waals surface area contributed by atoms with Crippen LogP contribution in [-0.4, -0.2) is 36.1 Å². The Morgan fingerprint density at radius 1 is 1.57 bits per heavy atom. The zero-order valence-electron chi connectivity index (χ0n) is 8.73. The Hall–Kier alpha value is -1.09. The number of hydrogen-bond acceptors (Lipinski definition) is 3. The summed E-state index contributed by atoms with van der Waals surface area (Å²) in [6.07, 6.45) is 3.03. The topological polar surface area (TPSA) is 25.4 Å². The van der Waals surface area contributed by atoms with Crippen LogP contribution in [0.3, 0.4) is 0 Å². The second-order valence-corrected chi connectivity index (χ2v) is 3.87. The van der Waals surface area contributed by atoms with Gasteiger partial charge >= 0.3 is 0 Å². The number of pyridine rings is 1. The number of ether oxygens (including phenoxy) is 1. The molecule has 1 saturated heterocycles. The van der Waals surface area contributed by atoms with Crippen molar-refractivity contribution in [2.75, 3.05) is 20.2 Å². The molecule has 0 bridgehead atoms. The van der Waals surface area contributed by atoms with Crippen LogP contribution in [0.15, 0.2) is 18.3 Å². The van der Waals surface area contributed by atoms with E-state index in [1.807, 2.05) is 19.1 Å². The Morgan fingerprint density at radius 2 is 2.43 bits per heavy atom. The van der Waals surface area contributed by atoms with Crippen LogP contribution in [0.4, 0.5) is 0 Å². The Balaban J connectivity index is 1.83. The predicted molar refractivity (Wildman–Crippen MR) is 55.5 cm³/mol. The van der Waals surface area contributed by atoms with E-state index < -0.39 is 0 Å². The van der Waals surface area contributed by atoms with E-state index in [2.05, 4.69) is 16.9 Å². The summed E-state index contributed by atoms with van der Waals surface area (Å²) in [5, 5.41) is 0. The molecule has 1 aliphatic heterocycles. The van der Waals surface area contributed by atoms with Crippen LogP contribution in [0.5, 0.6) is 5.75 Å². The molecule has 0 aliphatic carbocycles. The quantitative estimate of drug-likeness (QED) is 0.725. The van der Waals surface area contributed by atoms with Crippen molar-refractivity contribution in [3.63, 3.8) is 0 Å². The summed E-state index contributed by atoms with van der Waals surface area (Å²) in [5.41, 5.74) is 1.03. The summed E-state index contributed by atoms with van der Waals surface area (Å²) in [7, 11) is 2.13. The molecule has 3 heteroatoms. The minimum absolute atomic E-state index is 0.594. The van der Waals surface area contributed by atoms with Crippen molar-refractivity contribution >= 4 is 0 Å². The smallest absolute Gasteiger partial charge is 0.137 e. The molecule has 0 radical (unpaired) electrons. The van der Waals surface area contributed by atoms with Gasteiger partial charge in [-0.2, -0.15) is 0 Å². The zero-order valence-corrected chi connectivity index (χ0v) is 8.73. The van der Waals surface area contributed by atoms with Gasteiger partial charge in [-0.25, -0.2) is 0 Å². The Labute approximate surface area is 84.7 Å². The molecule has 2 rings (SSSR count). The molecule has 1 aromatic rings. The molecule has 0 N–H and O–H groups in total. The van der Waals surface area contributed by atoms with Gasteiger partial charge in [0.1, 0.15) is 12.4 Å². The van der Waals surface area contributed by atoms with E-state index in [0.717, 1.165) is 18.1 Å². The van der Waals surface area contributed by atoms with E-state index >= 15 is 0 Å². The van der Waals surface area contributed by atoms with E-state index in [-0.39, 0.29) is 0 Å². The molecule has 0 amide bonds. The van der Waals surface area contributed by atoms with Crippen molar-refractivity contribution in [2.24, 2.45) is 0 Å². The first kappa shape index (κ1) is 9.46. The number of likely N-dealkylation sites (tertiary alicyclic amines) is 1. The molecule has 0 saturated carbocycles. The fraction of sp³-hybridized carbons (Fsp3) is 0.545. The summed E-state index contributed by atoms with van der Waals surface area (Å²) >= 11 is 0. The van der Waals surface area contributed by atoms with Gasteiger partial charge in [-0.1, -0.05) is 0 Å². The maximum atomic E-state index is 5.63. The third kappa shape index (κ3) is 2.04. The number of nitrogens with zero attached hydrogens (tertiary/aromatic N) is 2. The van der Waals surface area contributed by atoms with E-state index in [4.69, 9.17) is 4.74 Å². The van der Waals surface area contributed by atoms with Crippen LogP contribution < -0.4 is 4.74 Å². The summed E-state index contributed by atoms with van der Waals surface area (Å²) in [6.45, 7) is 3.95. The van der Waals surface area contributed by atoms with E-state index in [1.165, 1.54) is 13.0 Å². The van der Waals surface area contributed by atoms with Crippen molar-refractivity contribution in [2.45, 2.75) is 19.4 Å². The highest BCUT2D eigenvalue weighted by atomic mass is 16.5. The zero-order chi connectivity index (χ0) is 9.97. The maximum Gasteiger partial charge on any atom is 0.137 e. The molecule has 76 valence electrons. The lowest BCUT2D eigenvalue weighted by Gasteiger charge is -2.37. The van der Waals surface area contributed by atoms with Crippen LogP contribution >= 0.6 is 0 Å². The van der Waals surface area contributed by atoms with Crippen LogP contribution in [0.1, 0.15) is 12.1 Å². The van der Waals surface area contributed by atoms with Gasteiger partial charge in [-0.15, -0.1) is 0 Å². The third-order valence-electron chi connectivity index (χ3n) is 2.76. The standard InChI is InChI=1S/C11H16N2O/c1-9-3-4-11(7-12-9)14-8-10-5-6-13(10)2/h3-4,7,10H,5-6,8H2,1-2H3/t10-/m1/s1. The lowest BCUT2D eigenvalue weighted by atomic mass is 10.1. The largest absolute Gasteiger partial charge is 0.490 e. The van der Waals surface area contributed by atoms with Crippen LogP contribution in [-0.2, 0) is 0 Å².